The largest absolute Gasteiger partial charge is 0.369 e. The number of amides is 3. The molecule has 0 saturated carbocycles. The van der Waals surface area contributed by atoms with Gasteiger partial charge in [0.2, 0.25) is 0 Å². The number of para-hydroxylation sites is 1. The van der Waals surface area contributed by atoms with Crippen molar-refractivity contribution in [3.63, 3.8) is 0 Å². The zero-order valence-electron chi connectivity index (χ0n) is 26.2. The maximum absolute atomic E-state index is 14.6. The number of thioether (sulfide) groups is 1. The molecule has 3 aromatic carbocycles. The van der Waals surface area contributed by atoms with Crippen LogP contribution in [0.4, 0.5) is 36.1 Å². The van der Waals surface area contributed by atoms with Crippen LogP contribution in [0.2, 0.25) is 0 Å². The highest BCUT2D eigenvalue weighted by Crippen LogP contribution is 2.42. The fourth-order valence-electron chi connectivity index (χ4n) is 5.40. The molecule has 0 saturated heterocycles. The minimum absolute atomic E-state index is 0.175. The number of hydrogen-bond donors (Lipinski definition) is 3. The minimum atomic E-state index is -0.899. The van der Waals surface area contributed by atoms with Crippen molar-refractivity contribution in [1.82, 2.24) is 4.98 Å². The number of thiophene rings is 1. The molecular weight excluding hydrogens is 672 g/mol. The first-order valence-electron chi connectivity index (χ1n) is 15.4. The highest BCUT2D eigenvalue weighted by Gasteiger charge is 2.29. The van der Waals surface area contributed by atoms with E-state index in [0.29, 0.717) is 51.7 Å². The second kappa shape index (κ2) is 15.0. The number of carbonyl (C=O) groups excluding carboxylic acids is 3. The topological polar surface area (TPSA) is 103 Å². The Morgan fingerprint density at radius 1 is 0.918 bits per heavy atom. The van der Waals surface area contributed by atoms with Crippen LogP contribution in [0, 0.1) is 17.5 Å². The van der Waals surface area contributed by atoms with Crippen molar-refractivity contribution in [2.24, 2.45) is 0 Å². The van der Waals surface area contributed by atoms with Crippen molar-refractivity contribution < 1.29 is 27.6 Å². The van der Waals surface area contributed by atoms with Crippen LogP contribution in [0.5, 0.6) is 0 Å². The predicted molar refractivity (Wildman–Crippen MR) is 190 cm³/mol. The van der Waals surface area contributed by atoms with Gasteiger partial charge in [0.15, 0.2) is 0 Å². The molecule has 250 valence electrons. The molecule has 0 unspecified atom stereocenters. The predicted octanol–water partition coefficient (Wildman–Crippen LogP) is 8.10. The number of halogens is 3. The van der Waals surface area contributed by atoms with E-state index in [1.807, 2.05) is 0 Å². The Balaban J connectivity index is 1.19. The molecule has 8 nitrogen and oxygen atoms in total. The summed E-state index contributed by atoms with van der Waals surface area (Å²) in [5.74, 6) is -1.40. The van der Waals surface area contributed by atoms with Gasteiger partial charge in [-0.1, -0.05) is 13.0 Å². The van der Waals surface area contributed by atoms with Gasteiger partial charge in [-0.2, -0.15) is 11.8 Å². The summed E-state index contributed by atoms with van der Waals surface area (Å²) < 4.78 is 43.0. The van der Waals surface area contributed by atoms with Gasteiger partial charge in [0.25, 0.3) is 17.7 Å². The molecule has 0 radical (unpaired) electrons. The lowest BCUT2D eigenvalue weighted by atomic mass is 10.1. The number of pyridine rings is 1. The molecule has 49 heavy (non-hydrogen) atoms. The molecule has 2 aromatic heterocycles. The lowest BCUT2D eigenvalue weighted by Crippen LogP contribution is -2.32. The SMILES string of the molecule is CCSCCNc1ncccc1C(=O)Nc1ccc(C(=O)N2CCc3cc(C(=O)Nc4c(F)cccc4F)sc3-c3ccc(F)cc32)cc1. The maximum atomic E-state index is 14.6. The summed E-state index contributed by atoms with van der Waals surface area (Å²) in [4.78, 5) is 46.6. The molecule has 0 atom stereocenters. The molecular formula is C36H30F3N5O3S2. The van der Waals surface area contributed by atoms with E-state index in [4.69, 9.17) is 0 Å². The highest BCUT2D eigenvalue weighted by molar-refractivity contribution is 7.99. The summed E-state index contributed by atoms with van der Waals surface area (Å²) in [5.41, 5.74) is 2.24. The summed E-state index contributed by atoms with van der Waals surface area (Å²) in [7, 11) is 0. The molecule has 3 heterocycles. The third kappa shape index (κ3) is 7.47. The summed E-state index contributed by atoms with van der Waals surface area (Å²) >= 11 is 2.87. The number of hydrogen-bond acceptors (Lipinski definition) is 7. The average molecular weight is 702 g/mol. The van der Waals surface area contributed by atoms with Crippen LogP contribution in [-0.4, -0.2) is 47.3 Å². The van der Waals surface area contributed by atoms with Gasteiger partial charge in [-0.15, -0.1) is 11.3 Å². The smallest absolute Gasteiger partial charge is 0.265 e. The minimum Gasteiger partial charge on any atom is -0.369 e. The van der Waals surface area contributed by atoms with Gasteiger partial charge in [0.05, 0.1) is 16.1 Å². The first-order chi connectivity index (χ1) is 23.7. The lowest BCUT2D eigenvalue weighted by Gasteiger charge is -2.23. The zero-order valence-corrected chi connectivity index (χ0v) is 27.8. The highest BCUT2D eigenvalue weighted by atomic mass is 32.2. The van der Waals surface area contributed by atoms with Crippen molar-refractivity contribution in [2.75, 3.05) is 45.4 Å². The lowest BCUT2D eigenvalue weighted by molar-refractivity contribution is 0.0985. The Kier molecular flexibility index (Phi) is 10.3. The van der Waals surface area contributed by atoms with E-state index in [1.54, 1.807) is 66.5 Å². The Morgan fingerprint density at radius 3 is 2.45 bits per heavy atom. The third-order valence-corrected chi connectivity index (χ3v) is 9.87. The van der Waals surface area contributed by atoms with Gasteiger partial charge in [0, 0.05) is 46.7 Å². The van der Waals surface area contributed by atoms with Crippen LogP contribution < -0.4 is 20.9 Å². The zero-order chi connectivity index (χ0) is 34.5. The van der Waals surface area contributed by atoms with Crippen LogP contribution in [0.25, 0.3) is 10.4 Å². The van der Waals surface area contributed by atoms with Crippen LogP contribution in [0.15, 0.2) is 85.1 Å². The average Bonchev–Trinajstić information content (AvgIpc) is 3.47. The molecule has 0 aliphatic carbocycles. The molecule has 5 aromatic rings. The Bertz CT molecular complexity index is 2020. The second-order valence-electron chi connectivity index (χ2n) is 10.9. The normalized spacial score (nSPS) is 12.0. The number of benzene rings is 3. The fraction of sp³-hybridized carbons (Fsp3) is 0.167. The number of nitrogens with zero attached hydrogens (tertiary/aromatic N) is 2. The van der Waals surface area contributed by atoms with Crippen molar-refractivity contribution in [3.8, 4) is 10.4 Å². The van der Waals surface area contributed by atoms with Crippen molar-refractivity contribution >= 4 is 63.7 Å². The van der Waals surface area contributed by atoms with Gasteiger partial charge in [0.1, 0.15) is 29.0 Å². The Hall–Kier alpha value is -5.14. The van der Waals surface area contributed by atoms with Crippen LogP contribution in [0.1, 0.15) is 42.9 Å². The monoisotopic (exact) mass is 701 g/mol. The van der Waals surface area contributed by atoms with Crippen LogP contribution >= 0.6 is 23.1 Å². The van der Waals surface area contributed by atoms with E-state index in [-0.39, 0.29) is 23.2 Å². The number of carbonyl (C=O) groups is 3. The Labute approximate surface area is 288 Å². The second-order valence-corrected chi connectivity index (χ2v) is 13.4. The molecule has 0 bridgehead atoms. The molecule has 1 aliphatic rings. The van der Waals surface area contributed by atoms with Gasteiger partial charge < -0.3 is 20.9 Å². The molecule has 3 amide bonds. The van der Waals surface area contributed by atoms with Crippen LogP contribution in [-0.2, 0) is 6.42 Å². The number of aromatic nitrogens is 1. The van der Waals surface area contributed by atoms with E-state index in [1.165, 1.54) is 23.1 Å². The first-order valence-corrected chi connectivity index (χ1v) is 17.4. The standard InChI is InChI=1S/C36H30F3N5O3S2/c1-2-48-18-16-41-33-26(5-4-15-40-33)34(45)42-24-11-8-21(9-12-24)36(47)44-17-14-22-19-30(35(46)43-31-27(38)6-3-7-28(31)39)49-32(22)25-13-10-23(37)20-29(25)44/h3-13,15,19-20H,2,14,16-18H2,1H3,(H,40,41)(H,42,45)(H,43,46). The van der Waals surface area contributed by atoms with E-state index in [0.717, 1.165) is 40.5 Å². The molecule has 3 N–H and O–H groups in total. The molecule has 13 heteroatoms. The maximum Gasteiger partial charge on any atom is 0.265 e. The Morgan fingerprint density at radius 2 is 1.69 bits per heavy atom. The van der Waals surface area contributed by atoms with Crippen LogP contribution in [0.3, 0.4) is 0 Å². The fourth-order valence-corrected chi connectivity index (χ4v) is 7.07. The van der Waals surface area contributed by atoms with Gasteiger partial charge in [-0.25, -0.2) is 18.2 Å². The number of rotatable bonds is 10. The van der Waals surface area contributed by atoms with E-state index in [9.17, 15) is 27.6 Å². The van der Waals surface area contributed by atoms with E-state index in [2.05, 4.69) is 27.9 Å². The summed E-state index contributed by atoms with van der Waals surface area (Å²) in [5, 5.41) is 8.36. The molecule has 6 rings (SSSR count). The molecule has 0 spiro atoms. The van der Waals surface area contributed by atoms with Crippen molar-refractivity contribution in [2.45, 2.75) is 13.3 Å². The molecule has 1 aliphatic heterocycles. The van der Waals surface area contributed by atoms with Gasteiger partial charge >= 0.3 is 0 Å². The first kappa shape index (κ1) is 33.7. The van der Waals surface area contributed by atoms with Gasteiger partial charge in [-0.3, -0.25) is 14.4 Å². The number of anilines is 4. The summed E-state index contributed by atoms with van der Waals surface area (Å²) in [6, 6.07) is 18.8. The van der Waals surface area contributed by atoms with E-state index < -0.39 is 29.0 Å². The third-order valence-electron chi connectivity index (χ3n) is 7.76. The number of nitrogens with one attached hydrogen (secondary N) is 3. The van der Waals surface area contributed by atoms with Crippen molar-refractivity contribution in [3.05, 3.63) is 124 Å². The quantitative estimate of drug-likeness (QED) is 0.127. The van der Waals surface area contributed by atoms with E-state index >= 15 is 0 Å². The van der Waals surface area contributed by atoms with Gasteiger partial charge in [-0.05, 0) is 90.5 Å². The number of fused-ring (bicyclic) bond motifs is 3. The summed E-state index contributed by atoms with van der Waals surface area (Å²) in [6.45, 7) is 2.92. The molecule has 0 fully saturated rings. The van der Waals surface area contributed by atoms with Crippen molar-refractivity contribution in [1.29, 1.82) is 0 Å². The summed E-state index contributed by atoms with van der Waals surface area (Å²) in [6.07, 6.45) is 1.95.